The zero-order valence-corrected chi connectivity index (χ0v) is 14.8. The van der Waals surface area contributed by atoms with E-state index in [0.29, 0.717) is 11.6 Å². The Morgan fingerprint density at radius 2 is 1.84 bits per heavy atom. The molecule has 0 saturated heterocycles. The summed E-state index contributed by atoms with van der Waals surface area (Å²) >= 11 is 6.12. The van der Waals surface area contributed by atoms with E-state index >= 15 is 0 Å². The molecule has 0 N–H and O–H groups in total. The molecule has 126 valence electrons. The van der Waals surface area contributed by atoms with E-state index in [0.717, 1.165) is 17.5 Å². The number of fused-ring (bicyclic) bond motifs is 1. The highest BCUT2D eigenvalue weighted by Gasteiger charge is 2.05. The lowest BCUT2D eigenvalue weighted by Gasteiger charge is -2.08. The number of benzene rings is 3. The summed E-state index contributed by atoms with van der Waals surface area (Å²) in [6.45, 7) is 2.15. The molecule has 0 atom stereocenters. The van der Waals surface area contributed by atoms with Crippen LogP contribution in [0.2, 0.25) is 5.02 Å². The van der Waals surface area contributed by atoms with Crippen molar-refractivity contribution in [1.82, 2.24) is 0 Å². The van der Waals surface area contributed by atoms with Gasteiger partial charge in [-0.3, -0.25) is 0 Å². The van der Waals surface area contributed by atoms with Gasteiger partial charge in [-0.15, -0.1) is 0 Å². The molecule has 3 heteroatoms. The third-order valence-corrected chi connectivity index (χ3v) is 4.24. The quantitative estimate of drug-likeness (QED) is 0.438. The Bertz CT molecular complexity index is 928. The molecule has 0 aliphatic carbocycles. The third kappa shape index (κ3) is 4.49. The van der Waals surface area contributed by atoms with E-state index in [9.17, 15) is 4.79 Å². The van der Waals surface area contributed by atoms with Crippen LogP contribution >= 0.6 is 11.6 Å². The molecule has 3 aromatic rings. The van der Waals surface area contributed by atoms with Gasteiger partial charge in [0.05, 0.1) is 6.61 Å². The molecule has 0 heterocycles. The molecule has 0 radical (unpaired) electrons. The molecular formula is C22H19ClO2. The van der Waals surface area contributed by atoms with Gasteiger partial charge >= 0.3 is 5.97 Å². The standard InChI is InChI=1S/C22H19ClO2/c1-2-25-22(24)12-10-20-15-21(23)11-9-19(20)14-16-7-8-17-5-3-4-6-18(17)13-16/h3-13,15H,2,14H2,1H3/b12-10+. The molecule has 0 unspecified atom stereocenters. The topological polar surface area (TPSA) is 26.3 Å². The second-order valence-electron chi connectivity index (χ2n) is 5.79. The molecule has 0 fully saturated rings. The molecule has 3 rings (SSSR count). The maximum absolute atomic E-state index is 11.6. The highest BCUT2D eigenvalue weighted by molar-refractivity contribution is 6.30. The zero-order valence-electron chi connectivity index (χ0n) is 14.0. The molecule has 0 amide bonds. The fraction of sp³-hybridized carbons (Fsp3) is 0.136. The number of carbonyl (C=O) groups excluding carboxylic acids is 1. The Morgan fingerprint density at radius 3 is 2.64 bits per heavy atom. The molecule has 0 aliphatic heterocycles. The van der Waals surface area contributed by atoms with E-state index in [1.54, 1.807) is 13.0 Å². The van der Waals surface area contributed by atoms with Gasteiger partial charge in [0.1, 0.15) is 0 Å². The normalized spacial score (nSPS) is 11.1. The maximum atomic E-state index is 11.6. The van der Waals surface area contributed by atoms with Crippen molar-refractivity contribution in [3.8, 4) is 0 Å². The van der Waals surface area contributed by atoms with Crippen molar-refractivity contribution in [2.75, 3.05) is 6.61 Å². The second-order valence-corrected chi connectivity index (χ2v) is 6.22. The fourth-order valence-electron chi connectivity index (χ4n) is 2.80. The Morgan fingerprint density at radius 1 is 1.04 bits per heavy atom. The fourth-order valence-corrected chi connectivity index (χ4v) is 2.98. The summed E-state index contributed by atoms with van der Waals surface area (Å²) in [6, 6.07) is 20.5. The summed E-state index contributed by atoms with van der Waals surface area (Å²) in [5.41, 5.74) is 3.25. The predicted molar refractivity (Wildman–Crippen MR) is 104 cm³/mol. The number of rotatable bonds is 5. The van der Waals surface area contributed by atoms with Gasteiger partial charge in [0.25, 0.3) is 0 Å². The molecule has 25 heavy (non-hydrogen) atoms. The third-order valence-electron chi connectivity index (χ3n) is 4.00. The molecule has 0 aromatic heterocycles. The van der Waals surface area contributed by atoms with Crippen LogP contribution < -0.4 is 0 Å². The summed E-state index contributed by atoms with van der Waals surface area (Å²) in [4.78, 5) is 11.6. The van der Waals surface area contributed by atoms with E-state index in [1.165, 1.54) is 22.4 Å². The minimum Gasteiger partial charge on any atom is -0.463 e. The van der Waals surface area contributed by atoms with E-state index in [4.69, 9.17) is 16.3 Å². The second kappa shape index (κ2) is 8.00. The predicted octanol–water partition coefficient (Wildman–Crippen LogP) is 5.66. The number of carbonyl (C=O) groups is 1. The lowest BCUT2D eigenvalue weighted by molar-refractivity contribution is -0.137. The van der Waals surface area contributed by atoms with Crippen molar-refractivity contribution in [2.24, 2.45) is 0 Å². The van der Waals surface area contributed by atoms with Crippen molar-refractivity contribution in [2.45, 2.75) is 13.3 Å². The van der Waals surface area contributed by atoms with Crippen LogP contribution in [0.1, 0.15) is 23.6 Å². The summed E-state index contributed by atoms with van der Waals surface area (Å²) in [5.74, 6) is -0.348. The number of halogens is 1. The number of esters is 1. The first-order valence-electron chi connectivity index (χ1n) is 8.26. The monoisotopic (exact) mass is 350 g/mol. The van der Waals surface area contributed by atoms with Gasteiger partial charge in [0.2, 0.25) is 0 Å². The van der Waals surface area contributed by atoms with Gasteiger partial charge < -0.3 is 4.74 Å². The van der Waals surface area contributed by atoms with E-state index in [-0.39, 0.29) is 5.97 Å². The van der Waals surface area contributed by atoms with Crippen LogP contribution in [0.25, 0.3) is 16.8 Å². The van der Waals surface area contributed by atoms with Gasteiger partial charge in [-0.05, 0) is 59.0 Å². The van der Waals surface area contributed by atoms with Gasteiger partial charge in [0, 0.05) is 11.1 Å². The Balaban J connectivity index is 1.89. The number of hydrogen-bond donors (Lipinski definition) is 0. The van der Waals surface area contributed by atoms with Crippen LogP contribution in [0.15, 0.2) is 66.7 Å². The first kappa shape index (κ1) is 17.2. The Kier molecular flexibility index (Phi) is 5.52. The van der Waals surface area contributed by atoms with Crippen LogP contribution in [0.5, 0.6) is 0 Å². The summed E-state index contributed by atoms with van der Waals surface area (Å²) < 4.78 is 4.94. The highest BCUT2D eigenvalue weighted by Crippen LogP contribution is 2.23. The van der Waals surface area contributed by atoms with Crippen LogP contribution in [-0.4, -0.2) is 12.6 Å². The molecule has 0 aliphatic rings. The van der Waals surface area contributed by atoms with E-state index < -0.39 is 0 Å². The van der Waals surface area contributed by atoms with Crippen molar-refractivity contribution < 1.29 is 9.53 Å². The average Bonchev–Trinajstić information content (AvgIpc) is 2.62. The maximum Gasteiger partial charge on any atom is 0.330 e. The number of ether oxygens (including phenoxy) is 1. The van der Waals surface area contributed by atoms with Crippen LogP contribution in [0, 0.1) is 0 Å². The molecule has 0 spiro atoms. The van der Waals surface area contributed by atoms with Crippen molar-refractivity contribution >= 4 is 34.4 Å². The molecule has 0 bridgehead atoms. The average molecular weight is 351 g/mol. The lowest BCUT2D eigenvalue weighted by atomic mass is 9.97. The van der Waals surface area contributed by atoms with Crippen molar-refractivity contribution in [3.05, 3.63) is 88.5 Å². The van der Waals surface area contributed by atoms with Crippen LogP contribution in [0.3, 0.4) is 0 Å². The largest absolute Gasteiger partial charge is 0.463 e. The first-order chi connectivity index (χ1) is 12.2. The van der Waals surface area contributed by atoms with Gasteiger partial charge in [0.15, 0.2) is 0 Å². The minimum atomic E-state index is -0.348. The minimum absolute atomic E-state index is 0.348. The summed E-state index contributed by atoms with van der Waals surface area (Å²) in [5, 5.41) is 3.09. The molecule has 3 aromatic carbocycles. The number of hydrogen-bond acceptors (Lipinski definition) is 2. The van der Waals surface area contributed by atoms with Gasteiger partial charge in [-0.25, -0.2) is 4.79 Å². The van der Waals surface area contributed by atoms with Gasteiger partial charge in [-0.1, -0.05) is 60.1 Å². The Hall–Kier alpha value is -2.58. The van der Waals surface area contributed by atoms with Crippen molar-refractivity contribution in [3.63, 3.8) is 0 Å². The van der Waals surface area contributed by atoms with Crippen LogP contribution in [-0.2, 0) is 16.0 Å². The molecular weight excluding hydrogens is 332 g/mol. The highest BCUT2D eigenvalue weighted by atomic mass is 35.5. The smallest absolute Gasteiger partial charge is 0.330 e. The molecule has 2 nitrogen and oxygen atoms in total. The summed E-state index contributed by atoms with van der Waals surface area (Å²) in [6.07, 6.45) is 3.98. The van der Waals surface area contributed by atoms with E-state index in [2.05, 4.69) is 30.3 Å². The van der Waals surface area contributed by atoms with E-state index in [1.807, 2.05) is 30.3 Å². The molecule has 0 saturated carbocycles. The summed E-state index contributed by atoms with van der Waals surface area (Å²) in [7, 11) is 0. The van der Waals surface area contributed by atoms with Crippen LogP contribution in [0.4, 0.5) is 0 Å². The zero-order chi connectivity index (χ0) is 17.6. The lowest BCUT2D eigenvalue weighted by Crippen LogP contribution is -1.99. The SMILES string of the molecule is CCOC(=O)/C=C/c1cc(Cl)ccc1Cc1ccc2ccccc2c1. The van der Waals surface area contributed by atoms with Crippen molar-refractivity contribution in [1.29, 1.82) is 0 Å². The van der Waals surface area contributed by atoms with Gasteiger partial charge in [-0.2, -0.15) is 0 Å². The Labute approximate surface area is 152 Å². The first-order valence-corrected chi connectivity index (χ1v) is 8.64.